The Morgan fingerprint density at radius 2 is 1.76 bits per heavy atom. The molecule has 1 aliphatic carbocycles. The lowest BCUT2D eigenvalue weighted by Gasteiger charge is -2.26. The number of nitrogens with zero attached hydrogens (tertiary/aromatic N) is 5. The van der Waals surface area contributed by atoms with Crippen molar-refractivity contribution in [2.24, 2.45) is 5.92 Å². The fourth-order valence-corrected chi connectivity index (χ4v) is 4.80. The topological polar surface area (TPSA) is 127 Å². The van der Waals surface area contributed by atoms with E-state index in [1.54, 1.807) is 0 Å². The van der Waals surface area contributed by atoms with Crippen LogP contribution in [0.2, 0.25) is 0 Å². The van der Waals surface area contributed by atoms with E-state index in [1.165, 1.54) is 18.4 Å². The highest BCUT2D eigenvalue weighted by Crippen LogP contribution is 2.33. The van der Waals surface area contributed by atoms with Gasteiger partial charge in [0.1, 0.15) is 5.82 Å². The maximum absolute atomic E-state index is 12.2. The zero-order valence-electron chi connectivity index (χ0n) is 17.4. The molecule has 0 bridgehead atoms. The van der Waals surface area contributed by atoms with Crippen LogP contribution in [0.3, 0.4) is 0 Å². The Balaban J connectivity index is 0.000000941. The third-order valence-corrected chi connectivity index (χ3v) is 7.20. The van der Waals surface area contributed by atoms with Gasteiger partial charge in [0.05, 0.1) is 17.6 Å². The lowest BCUT2D eigenvalue weighted by molar-refractivity contribution is -0.122. The quantitative estimate of drug-likeness (QED) is 0.612. The normalized spacial score (nSPS) is 21.4. The first-order valence-electron chi connectivity index (χ1n) is 9.58. The number of sulfonamides is 1. The molecule has 1 saturated heterocycles. The van der Waals surface area contributed by atoms with Crippen LogP contribution in [0.4, 0.5) is 11.8 Å². The molecule has 2 aliphatic rings. The van der Waals surface area contributed by atoms with Gasteiger partial charge in [0, 0.05) is 52.8 Å². The van der Waals surface area contributed by atoms with Gasteiger partial charge in [0.2, 0.25) is 16.0 Å². The van der Waals surface area contributed by atoms with Gasteiger partial charge in [-0.25, -0.2) is 17.7 Å². The van der Waals surface area contributed by atoms with Crippen molar-refractivity contribution < 1.29 is 23.4 Å². The minimum atomic E-state index is -3.35. The highest BCUT2D eigenvalue weighted by atomic mass is 32.2. The van der Waals surface area contributed by atoms with E-state index in [9.17, 15) is 13.5 Å². The first-order valence-corrected chi connectivity index (χ1v) is 11.2. The standard InChI is InChI=1S/C17H29N5O3S.CH2O2/c1-20(2)17-18-14-8-6-5-7-13(14)16(19-17)22-9-12(15(23)10-22)11-26(24,25)21(3)4;2-1-3/h12,15,23H,5-11H2,1-4H3;1H,(H,2,3)/t12-,15+;/m0./s1. The van der Waals surface area contributed by atoms with Crippen molar-refractivity contribution in [3.05, 3.63) is 11.3 Å². The number of carboxylic acid groups (broad SMARTS) is 1. The zero-order valence-corrected chi connectivity index (χ0v) is 18.3. The SMILES string of the molecule is CN(C)c1nc2c(c(N3C[C@@H](CS(=O)(=O)N(C)C)[C@H](O)C3)n1)CCCC2.O=CO. The molecule has 0 aromatic carbocycles. The fourth-order valence-electron chi connectivity index (χ4n) is 3.63. The molecule has 164 valence electrons. The van der Waals surface area contributed by atoms with Crippen molar-refractivity contribution in [1.82, 2.24) is 14.3 Å². The average molecular weight is 430 g/mol. The van der Waals surface area contributed by atoms with Gasteiger partial charge in [0.15, 0.2) is 0 Å². The molecule has 0 unspecified atom stereocenters. The number of β-amino-alcohol motifs (C(OH)–C–C–N with tert-alkyl or cyclic N) is 1. The van der Waals surface area contributed by atoms with Gasteiger partial charge in [-0.2, -0.15) is 4.98 Å². The van der Waals surface area contributed by atoms with Crippen molar-refractivity contribution in [3.63, 3.8) is 0 Å². The number of aromatic nitrogens is 2. The lowest BCUT2D eigenvalue weighted by Crippen LogP contribution is -2.33. The molecule has 0 spiro atoms. The van der Waals surface area contributed by atoms with Crippen LogP contribution in [0, 0.1) is 5.92 Å². The molecule has 11 heteroatoms. The summed E-state index contributed by atoms with van der Waals surface area (Å²) < 4.78 is 25.7. The Labute approximate surface area is 172 Å². The second-order valence-electron chi connectivity index (χ2n) is 7.77. The van der Waals surface area contributed by atoms with Gasteiger partial charge < -0.3 is 20.0 Å². The minimum absolute atomic E-state index is 0.0501. The summed E-state index contributed by atoms with van der Waals surface area (Å²) in [6.45, 7) is 0.647. The van der Waals surface area contributed by atoms with Crippen molar-refractivity contribution in [1.29, 1.82) is 0 Å². The fraction of sp³-hybridized carbons (Fsp3) is 0.722. The third-order valence-electron chi connectivity index (χ3n) is 5.24. The van der Waals surface area contributed by atoms with Crippen LogP contribution in [-0.2, 0) is 27.7 Å². The van der Waals surface area contributed by atoms with Crippen LogP contribution < -0.4 is 9.80 Å². The molecule has 10 nitrogen and oxygen atoms in total. The van der Waals surface area contributed by atoms with E-state index in [4.69, 9.17) is 14.9 Å². The summed E-state index contributed by atoms with van der Waals surface area (Å²) in [7, 11) is 3.53. The van der Waals surface area contributed by atoms with Crippen LogP contribution in [0.5, 0.6) is 0 Å². The largest absolute Gasteiger partial charge is 0.483 e. The van der Waals surface area contributed by atoms with Crippen LogP contribution in [0.1, 0.15) is 24.1 Å². The lowest BCUT2D eigenvalue weighted by atomic mass is 9.96. The summed E-state index contributed by atoms with van der Waals surface area (Å²) in [5.41, 5.74) is 2.24. The molecule has 0 radical (unpaired) electrons. The number of hydrogen-bond acceptors (Lipinski definition) is 8. The maximum Gasteiger partial charge on any atom is 0.290 e. The van der Waals surface area contributed by atoms with Gasteiger partial charge in [0.25, 0.3) is 6.47 Å². The van der Waals surface area contributed by atoms with E-state index in [2.05, 4.69) is 4.98 Å². The number of hydrogen-bond donors (Lipinski definition) is 2. The van der Waals surface area contributed by atoms with E-state index in [0.29, 0.717) is 19.0 Å². The molecular weight excluding hydrogens is 398 g/mol. The maximum atomic E-state index is 12.2. The number of anilines is 2. The Bertz CT molecular complexity index is 815. The predicted octanol–water partition coefficient (Wildman–Crippen LogP) is -0.189. The number of fused-ring (bicyclic) bond motifs is 1. The molecule has 1 aliphatic heterocycles. The second-order valence-corrected chi connectivity index (χ2v) is 10.0. The summed E-state index contributed by atoms with van der Waals surface area (Å²) in [6, 6.07) is 0. The van der Waals surface area contributed by atoms with Crippen molar-refractivity contribution in [2.75, 3.05) is 56.8 Å². The highest BCUT2D eigenvalue weighted by molar-refractivity contribution is 7.89. The second kappa shape index (κ2) is 9.68. The molecule has 1 aromatic rings. The van der Waals surface area contributed by atoms with E-state index < -0.39 is 16.1 Å². The highest BCUT2D eigenvalue weighted by Gasteiger charge is 2.37. The Hall–Kier alpha value is -1.98. The van der Waals surface area contributed by atoms with Crippen molar-refractivity contribution >= 4 is 28.3 Å². The summed E-state index contributed by atoms with van der Waals surface area (Å²) >= 11 is 0. The van der Waals surface area contributed by atoms with Gasteiger partial charge in [-0.1, -0.05) is 0 Å². The molecule has 1 fully saturated rings. The monoisotopic (exact) mass is 429 g/mol. The summed E-state index contributed by atoms with van der Waals surface area (Å²) in [6.07, 6.45) is 3.44. The molecule has 2 heterocycles. The first-order chi connectivity index (χ1) is 13.6. The number of carbonyl (C=O) groups is 1. The van der Waals surface area contributed by atoms with E-state index in [-0.39, 0.29) is 18.1 Å². The summed E-state index contributed by atoms with van der Waals surface area (Å²) in [4.78, 5) is 21.7. The van der Waals surface area contributed by atoms with Crippen LogP contribution in [0.15, 0.2) is 0 Å². The molecule has 29 heavy (non-hydrogen) atoms. The first kappa shape index (κ1) is 23.3. The van der Waals surface area contributed by atoms with E-state index in [1.807, 2.05) is 23.9 Å². The average Bonchev–Trinajstić information content (AvgIpc) is 3.01. The predicted molar refractivity (Wildman–Crippen MR) is 111 cm³/mol. The smallest absolute Gasteiger partial charge is 0.290 e. The molecule has 2 N–H and O–H groups in total. The molecule has 3 rings (SSSR count). The number of aliphatic hydroxyl groups excluding tert-OH is 1. The minimum Gasteiger partial charge on any atom is -0.483 e. The number of rotatable bonds is 5. The van der Waals surface area contributed by atoms with Crippen LogP contribution >= 0.6 is 0 Å². The molecular formula is C18H31N5O5S. The van der Waals surface area contributed by atoms with Crippen molar-refractivity contribution in [3.8, 4) is 0 Å². The van der Waals surface area contributed by atoms with Gasteiger partial charge in [-0.15, -0.1) is 0 Å². The Morgan fingerprint density at radius 3 is 2.34 bits per heavy atom. The van der Waals surface area contributed by atoms with E-state index >= 15 is 0 Å². The molecule has 0 saturated carbocycles. The Morgan fingerprint density at radius 1 is 1.14 bits per heavy atom. The zero-order chi connectivity index (χ0) is 21.8. The Kier molecular flexibility index (Phi) is 7.78. The third kappa shape index (κ3) is 5.55. The number of aliphatic hydroxyl groups is 1. The van der Waals surface area contributed by atoms with Crippen LogP contribution in [0.25, 0.3) is 0 Å². The summed E-state index contributed by atoms with van der Waals surface area (Å²) in [5, 5.41) is 17.4. The molecule has 1 aromatic heterocycles. The van der Waals surface area contributed by atoms with E-state index in [0.717, 1.165) is 42.8 Å². The van der Waals surface area contributed by atoms with Gasteiger partial charge in [-0.3, -0.25) is 4.79 Å². The van der Waals surface area contributed by atoms with Gasteiger partial charge in [-0.05, 0) is 25.7 Å². The molecule has 2 atom stereocenters. The summed E-state index contributed by atoms with van der Waals surface area (Å²) in [5.74, 6) is 1.16. The van der Waals surface area contributed by atoms with Crippen LogP contribution in [-0.4, -0.2) is 92.5 Å². The van der Waals surface area contributed by atoms with Gasteiger partial charge >= 0.3 is 0 Å². The van der Waals surface area contributed by atoms with Crippen molar-refractivity contribution in [2.45, 2.75) is 31.8 Å². The number of aryl methyl sites for hydroxylation is 1. The molecule has 0 amide bonds.